The van der Waals surface area contributed by atoms with Crippen molar-refractivity contribution in [1.29, 1.82) is 0 Å². The van der Waals surface area contributed by atoms with Gasteiger partial charge in [0.05, 0.1) is 0 Å². The second-order valence-electron chi connectivity index (χ2n) is 27.3. The van der Waals surface area contributed by atoms with Gasteiger partial charge in [-0.25, -0.2) is 0 Å². The van der Waals surface area contributed by atoms with Crippen LogP contribution in [0.5, 0.6) is 0 Å². The van der Waals surface area contributed by atoms with Crippen molar-refractivity contribution in [3.05, 3.63) is 191 Å². The molecule has 0 saturated carbocycles. The van der Waals surface area contributed by atoms with Crippen LogP contribution in [0.25, 0.3) is 110 Å². The standard InChI is InChI=1S/C74H74/c1-70(2,3)47-28-20-43(21-29-47)60-52-18-16-17-19-53(52)61(44-22-30-48(31-23-44)71(4,5)6)67-56-40-41-58-65-57(39-38-55(64(56)65)66(60)67)68-62(45-24-32-49(33-25-45)72(7,8)9)54-37-36-51(74(13,14)15)42-59(54)63(69(58)68)46-26-34-50(35-27-46)73(10,11)12/h16-22,24-42,44H,23H2,1-15H3. The molecule has 1 atom stereocenters. The Balaban J connectivity index is 1.21. The Kier molecular flexibility index (Phi) is 10.7. The van der Waals surface area contributed by atoms with Gasteiger partial charge in [0.2, 0.25) is 0 Å². The monoisotopic (exact) mass is 963 g/mol. The lowest BCUT2D eigenvalue weighted by Gasteiger charge is -2.28. The highest BCUT2D eigenvalue weighted by Gasteiger charge is 2.38. The molecule has 3 aliphatic rings. The van der Waals surface area contributed by atoms with Crippen molar-refractivity contribution in [3.63, 3.8) is 0 Å². The van der Waals surface area contributed by atoms with E-state index in [1.807, 2.05) is 0 Å². The SMILES string of the molecule is CC(C)(C)C1=CCC(c2c3c(c(-c4ccc(C(C)(C)C)cc4)c4ccccc24)-c2ccc4c5c(ccc-3c25)-c2c-4c(-c3ccc(C(C)(C)C)cc3)c3ccc(C(C)(C)C)cc3c2-c2ccc(C(C)(C)C)cc2)C=C1. The summed E-state index contributed by atoms with van der Waals surface area (Å²) >= 11 is 0. The summed E-state index contributed by atoms with van der Waals surface area (Å²) in [6, 6.07) is 55.5. The molecule has 0 heteroatoms. The zero-order valence-electron chi connectivity index (χ0n) is 46.8. The van der Waals surface area contributed by atoms with Crippen molar-refractivity contribution in [2.45, 2.75) is 138 Å². The smallest absolute Gasteiger partial charge is 0.00684 e. The molecule has 0 N–H and O–H groups in total. The van der Waals surface area contributed by atoms with E-state index in [1.54, 1.807) is 0 Å². The van der Waals surface area contributed by atoms with Crippen LogP contribution in [0, 0.1) is 5.41 Å². The predicted molar refractivity (Wildman–Crippen MR) is 323 cm³/mol. The minimum Gasteiger partial charge on any atom is -0.0799 e. The van der Waals surface area contributed by atoms with Gasteiger partial charge in [-0.2, -0.15) is 0 Å². The van der Waals surface area contributed by atoms with Crippen LogP contribution >= 0.6 is 0 Å². The van der Waals surface area contributed by atoms with Gasteiger partial charge in [0.1, 0.15) is 0 Å². The van der Waals surface area contributed by atoms with Gasteiger partial charge in [-0.3, -0.25) is 0 Å². The summed E-state index contributed by atoms with van der Waals surface area (Å²) in [4.78, 5) is 0. The molecule has 0 spiro atoms. The molecule has 0 fully saturated rings. The van der Waals surface area contributed by atoms with Crippen LogP contribution in [0.1, 0.15) is 144 Å². The molecule has 0 aliphatic heterocycles. The van der Waals surface area contributed by atoms with Crippen LogP contribution in [0.2, 0.25) is 0 Å². The van der Waals surface area contributed by atoms with E-state index in [4.69, 9.17) is 0 Å². The zero-order valence-corrected chi connectivity index (χ0v) is 46.8. The molecule has 3 aliphatic carbocycles. The molecule has 9 aromatic carbocycles. The molecule has 74 heavy (non-hydrogen) atoms. The maximum Gasteiger partial charge on any atom is 0.00684 e. The Morgan fingerprint density at radius 2 is 0.689 bits per heavy atom. The molecule has 0 radical (unpaired) electrons. The van der Waals surface area contributed by atoms with Crippen molar-refractivity contribution in [3.8, 4) is 77.9 Å². The highest BCUT2D eigenvalue weighted by atomic mass is 14.4. The van der Waals surface area contributed by atoms with Crippen molar-refractivity contribution in [2.75, 3.05) is 0 Å². The fourth-order valence-electron chi connectivity index (χ4n) is 12.9. The van der Waals surface area contributed by atoms with Gasteiger partial charge in [-0.1, -0.05) is 256 Å². The van der Waals surface area contributed by atoms with Crippen LogP contribution in [0.4, 0.5) is 0 Å². The molecule has 0 amide bonds. The number of hydrogen-bond donors (Lipinski definition) is 0. The third-order valence-corrected chi connectivity index (χ3v) is 17.1. The Hall–Kier alpha value is -6.76. The van der Waals surface area contributed by atoms with Gasteiger partial charge in [0.15, 0.2) is 0 Å². The Morgan fingerprint density at radius 3 is 1.08 bits per heavy atom. The van der Waals surface area contributed by atoms with Crippen LogP contribution in [0.3, 0.4) is 0 Å². The molecule has 12 rings (SSSR count). The second-order valence-corrected chi connectivity index (χ2v) is 27.3. The second kappa shape index (κ2) is 16.4. The Morgan fingerprint density at radius 1 is 0.324 bits per heavy atom. The third-order valence-electron chi connectivity index (χ3n) is 17.1. The summed E-state index contributed by atoms with van der Waals surface area (Å²) < 4.78 is 0. The topological polar surface area (TPSA) is 0 Å². The highest BCUT2D eigenvalue weighted by Crippen LogP contribution is 2.64. The first-order chi connectivity index (χ1) is 34.9. The Bertz CT molecular complexity index is 3860. The first-order valence-corrected chi connectivity index (χ1v) is 27.5. The number of hydrogen-bond acceptors (Lipinski definition) is 0. The first-order valence-electron chi connectivity index (χ1n) is 27.5. The molecule has 0 saturated heterocycles. The van der Waals surface area contributed by atoms with Crippen molar-refractivity contribution in [2.24, 2.45) is 5.41 Å². The van der Waals surface area contributed by atoms with Crippen LogP contribution in [0.15, 0.2) is 163 Å². The quantitative estimate of drug-likeness (QED) is 0.165. The number of allylic oxidation sites excluding steroid dienone is 4. The molecule has 370 valence electrons. The predicted octanol–water partition coefficient (Wildman–Crippen LogP) is 21.6. The minimum absolute atomic E-state index is 0.0317. The highest BCUT2D eigenvalue weighted by molar-refractivity contribution is 6.34. The summed E-state index contributed by atoms with van der Waals surface area (Å²) in [5.74, 6) is 0.232. The number of rotatable bonds is 4. The van der Waals surface area contributed by atoms with E-state index >= 15 is 0 Å². The fourth-order valence-corrected chi connectivity index (χ4v) is 12.9. The lowest BCUT2D eigenvalue weighted by Crippen LogP contribution is -2.12. The van der Waals surface area contributed by atoms with Crippen molar-refractivity contribution >= 4 is 32.3 Å². The van der Waals surface area contributed by atoms with Gasteiger partial charge in [-0.05, 0) is 183 Å². The van der Waals surface area contributed by atoms with Crippen molar-refractivity contribution < 1.29 is 0 Å². The summed E-state index contributed by atoms with van der Waals surface area (Å²) in [5, 5.41) is 8.09. The first kappa shape index (κ1) is 48.2. The van der Waals surface area contributed by atoms with Gasteiger partial charge in [0, 0.05) is 5.92 Å². The molecule has 0 heterocycles. The Labute approximate surface area is 442 Å². The molecule has 9 aromatic rings. The largest absolute Gasteiger partial charge is 0.0799 e. The molecule has 1 unspecified atom stereocenters. The van der Waals surface area contributed by atoms with Gasteiger partial charge in [-0.15, -0.1) is 0 Å². The van der Waals surface area contributed by atoms with Crippen molar-refractivity contribution in [1.82, 2.24) is 0 Å². The fraction of sp³-hybridized carbons (Fsp3) is 0.297. The van der Waals surface area contributed by atoms with Gasteiger partial charge in [0.25, 0.3) is 0 Å². The van der Waals surface area contributed by atoms with E-state index in [-0.39, 0.29) is 33.0 Å². The van der Waals surface area contributed by atoms with Crippen LogP contribution < -0.4 is 0 Å². The number of fused-ring (bicyclic) bond motifs is 8. The molecular formula is C74H74. The van der Waals surface area contributed by atoms with Crippen LogP contribution in [-0.4, -0.2) is 0 Å². The average Bonchev–Trinajstić information content (AvgIpc) is 3.86. The van der Waals surface area contributed by atoms with Gasteiger partial charge < -0.3 is 0 Å². The zero-order chi connectivity index (χ0) is 52.2. The van der Waals surface area contributed by atoms with E-state index in [0.29, 0.717) is 0 Å². The third kappa shape index (κ3) is 7.52. The summed E-state index contributed by atoms with van der Waals surface area (Å²) in [6.07, 6.45) is 8.46. The summed E-state index contributed by atoms with van der Waals surface area (Å²) in [7, 11) is 0. The van der Waals surface area contributed by atoms with E-state index < -0.39 is 0 Å². The molecule has 0 aromatic heterocycles. The number of benzene rings is 9. The molecular weight excluding hydrogens is 889 g/mol. The summed E-state index contributed by atoms with van der Waals surface area (Å²) in [6.45, 7) is 35.0. The minimum atomic E-state index is -0.0317. The lowest BCUT2D eigenvalue weighted by molar-refractivity contribution is 0.510. The normalized spacial score (nSPS) is 15.3. The van der Waals surface area contributed by atoms with Crippen LogP contribution in [-0.2, 0) is 21.7 Å². The van der Waals surface area contributed by atoms with E-state index in [1.165, 1.54) is 144 Å². The average molecular weight is 963 g/mol. The van der Waals surface area contributed by atoms with E-state index in [2.05, 4.69) is 262 Å². The lowest BCUT2D eigenvalue weighted by atomic mass is 9.75. The van der Waals surface area contributed by atoms with Gasteiger partial charge >= 0.3 is 0 Å². The maximum atomic E-state index is 2.54. The maximum absolute atomic E-state index is 2.54. The molecule has 0 bridgehead atoms. The summed E-state index contributed by atoms with van der Waals surface area (Å²) in [5.41, 5.74) is 27.2. The molecule has 0 nitrogen and oxygen atoms in total. The van der Waals surface area contributed by atoms with E-state index in [9.17, 15) is 0 Å². The van der Waals surface area contributed by atoms with E-state index in [0.717, 1.165) is 6.42 Å².